The molecule has 1 unspecified atom stereocenters. The highest BCUT2D eigenvalue weighted by molar-refractivity contribution is 5.78. The third kappa shape index (κ3) is 2.41. The van der Waals surface area contributed by atoms with Crippen LogP contribution in [0.4, 0.5) is 5.95 Å². The Morgan fingerprint density at radius 3 is 2.74 bits per heavy atom. The molecule has 1 aromatic rings. The highest BCUT2D eigenvalue weighted by Gasteiger charge is 2.56. The second kappa shape index (κ2) is 5.78. The minimum absolute atomic E-state index is 0.00950. The average Bonchev–Trinajstić information content (AvgIpc) is 3.12. The highest BCUT2D eigenvalue weighted by atomic mass is 16.5. The van der Waals surface area contributed by atoms with Gasteiger partial charge in [-0.15, -0.1) is 0 Å². The molecule has 3 aliphatic carbocycles. The summed E-state index contributed by atoms with van der Waals surface area (Å²) in [6.07, 6.45) is 4.86. The summed E-state index contributed by atoms with van der Waals surface area (Å²) >= 11 is 0. The van der Waals surface area contributed by atoms with Crippen LogP contribution in [0.3, 0.4) is 0 Å². The lowest BCUT2D eigenvalue weighted by atomic mass is 9.55. The van der Waals surface area contributed by atoms with Gasteiger partial charge in [0.15, 0.2) is 0 Å². The van der Waals surface area contributed by atoms with Gasteiger partial charge in [0, 0.05) is 13.1 Å². The van der Waals surface area contributed by atoms with E-state index in [0.29, 0.717) is 31.0 Å². The van der Waals surface area contributed by atoms with Crippen LogP contribution in [0.15, 0.2) is 4.52 Å². The maximum atomic E-state index is 12.5. The van der Waals surface area contributed by atoms with Crippen molar-refractivity contribution in [2.75, 3.05) is 38.3 Å². The van der Waals surface area contributed by atoms with Crippen LogP contribution in [0.25, 0.3) is 0 Å². The van der Waals surface area contributed by atoms with Crippen molar-refractivity contribution < 1.29 is 18.8 Å². The summed E-state index contributed by atoms with van der Waals surface area (Å²) < 4.78 is 16.1. The maximum absolute atomic E-state index is 12.5. The van der Waals surface area contributed by atoms with Gasteiger partial charge < -0.3 is 18.9 Å². The second-order valence-corrected chi connectivity index (χ2v) is 6.91. The number of ether oxygens (including phenoxy) is 2. The third-order valence-electron chi connectivity index (χ3n) is 5.85. The first-order valence-electron chi connectivity index (χ1n) is 8.47. The van der Waals surface area contributed by atoms with Crippen molar-refractivity contribution in [1.82, 2.24) is 10.1 Å². The summed E-state index contributed by atoms with van der Waals surface area (Å²) in [5, 5.41) is 4.15. The number of esters is 1. The lowest BCUT2D eigenvalue weighted by Gasteiger charge is -2.48. The lowest BCUT2D eigenvalue weighted by Crippen LogP contribution is -2.47. The SMILES string of the molecule is COC(=O)C12CCC(CC1)CC2c1nc(N2CCOCC2)no1. The van der Waals surface area contributed by atoms with E-state index in [1.54, 1.807) is 0 Å². The zero-order valence-corrected chi connectivity index (χ0v) is 13.5. The second-order valence-electron chi connectivity index (χ2n) is 6.91. The number of aromatic nitrogens is 2. The van der Waals surface area contributed by atoms with Gasteiger partial charge in [-0.2, -0.15) is 4.98 Å². The number of morpholine rings is 1. The Morgan fingerprint density at radius 1 is 1.30 bits per heavy atom. The number of rotatable bonds is 3. The standard InChI is InChI=1S/C16H23N3O4/c1-21-14(20)16-4-2-11(3-5-16)10-12(16)13-17-15(18-23-13)19-6-8-22-9-7-19/h11-12H,2-10H2,1H3. The van der Waals surface area contributed by atoms with Gasteiger partial charge in [-0.1, -0.05) is 0 Å². The molecule has 7 heteroatoms. The molecule has 7 nitrogen and oxygen atoms in total. The zero-order chi connectivity index (χ0) is 15.9. The van der Waals surface area contributed by atoms with Crippen molar-refractivity contribution in [3.8, 4) is 0 Å². The van der Waals surface area contributed by atoms with Crippen LogP contribution in [0, 0.1) is 11.3 Å². The van der Waals surface area contributed by atoms with Gasteiger partial charge in [-0.05, 0) is 43.2 Å². The Morgan fingerprint density at radius 2 is 2.04 bits per heavy atom. The summed E-state index contributed by atoms with van der Waals surface area (Å²) in [5.74, 6) is 1.74. The third-order valence-corrected chi connectivity index (χ3v) is 5.85. The summed E-state index contributed by atoms with van der Waals surface area (Å²) in [6, 6.07) is 0. The Bertz CT molecular complexity index is 574. The lowest BCUT2D eigenvalue weighted by molar-refractivity contribution is -0.162. The van der Waals surface area contributed by atoms with Gasteiger partial charge in [0.1, 0.15) is 0 Å². The van der Waals surface area contributed by atoms with Crippen molar-refractivity contribution in [3.05, 3.63) is 5.89 Å². The molecule has 23 heavy (non-hydrogen) atoms. The molecule has 3 saturated carbocycles. The van der Waals surface area contributed by atoms with E-state index in [1.807, 2.05) is 0 Å². The van der Waals surface area contributed by atoms with E-state index in [-0.39, 0.29) is 11.9 Å². The monoisotopic (exact) mass is 321 g/mol. The van der Waals surface area contributed by atoms with Crippen molar-refractivity contribution in [2.24, 2.45) is 11.3 Å². The Balaban J connectivity index is 1.61. The van der Waals surface area contributed by atoms with Crippen molar-refractivity contribution in [3.63, 3.8) is 0 Å². The van der Waals surface area contributed by atoms with Crippen LogP contribution in [0.5, 0.6) is 0 Å². The van der Waals surface area contributed by atoms with E-state index in [2.05, 4.69) is 15.0 Å². The quantitative estimate of drug-likeness (QED) is 0.785. The molecule has 0 N–H and O–H groups in total. The minimum Gasteiger partial charge on any atom is -0.469 e. The molecule has 5 rings (SSSR count). The van der Waals surface area contributed by atoms with Crippen LogP contribution in [0.1, 0.15) is 43.9 Å². The number of hydrogen-bond acceptors (Lipinski definition) is 7. The van der Waals surface area contributed by atoms with E-state index < -0.39 is 5.41 Å². The van der Waals surface area contributed by atoms with Gasteiger partial charge in [0.2, 0.25) is 5.89 Å². The predicted molar refractivity (Wildman–Crippen MR) is 81.1 cm³/mol. The van der Waals surface area contributed by atoms with Crippen LogP contribution in [-0.4, -0.2) is 49.5 Å². The Hall–Kier alpha value is -1.63. The molecule has 1 aliphatic heterocycles. The Labute approximate surface area is 135 Å². The average molecular weight is 321 g/mol. The molecule has 126 valence electrons. The highest BCUT2D eigenvalue weighted by Crippen LogP contribution is 2.58. The van der Waals surface area contributed by atoms with Gasteiger partial charge in [-0.3, -0.25) is 4.79 Å². The summed E-state index contributed by atoms with van der Waals surface area (Å²) in [5.41, 5.74) is -0.474. The molecular formula is C16H23N3O4. The summed E-state index contributed by atoms with van der Waals surface area (Å²) in [6.45, 7) is 2.91. The van der Waals surface area contributed by atoms with Gasteiger partial charge in [0.25, 0.3) is 5.95 Å². The molecule has 2 bridgehead atoms. The zero-order valence-electron chi connectivity index (χ0n) is 13.5. The molecule has 1 saturated heterocycles. The van der Waals surface area contributed by atoms with Crippen LogP contribution in [-0.2, 0) is 14.3 Å². The smallest absolute Gasteiger partial charge is 0.312 e. The summed E-state index contributed by atoms with van der Waals surface area (Å²) in [4.78, 5) is 19.2. The molecule has 0 spiro atoms. The van der Waals surface area contributed by atoms with E-state index in [0.717, 1.165) is 45.2 Å². The van der Waals surface area contributed by atoms with E-state index in [4.69, 9.17) is 14.0 Å². The number of hydrogen-bond donors (Lipinski definition) is 0. The van der Waals surface area contributed by atoms with Crippen LogP contribution >= 0.6 is 0 Å². The number of methoxy groups -OCH3 is 1. The van der Waals surface area contributed by atoms with Gasteiger partial charge >= 0.3 is 5.97 Å². The van der Waals surface area contributed by atoms with Crippen molar-refractivity contribution in [1.29, 1.82) is 0 Å². The van der Waals surface area contributed by atoms with E-state index >= 15 is 0 Å². The molecule has 0 aromatic carbocycles. The molecular weight excluding hydrogens is 298 g/mol. The molecule has 4 aliphatic rings. The fraction of sp³-hybridized carbons (Fsp3) is 0.812. The molecule has 0 amide bonds. The molecule has 1 atom stereocenters. The van der Waals surface area contributed by atoms with Crippen molar-refractivity contribution >= 4 is 11.9 Å². The Kier molecular flexibility index (Phi) is 3.75. The van der Waals surface area contributed by atoms with E-state index in [9.17, 15) is 4.79 Å². The molecule has 4 fully saturated rings. The molecule has 0 radical (unpaired) electrons. The number of carbonyl (C=O) groups excluding carboxylic acids is 1. The molecule has 1 aromatic heterocycles. The largest absolute Gasteiger partial charge is 0.469 e. The fourth-order valence-electron chi connectivity index (χ4n) is 4.48. The number of nitrogens with zero attached hydrogens (tertiary/aromatic N) is 3. The normalized spacial score (nSPS) is 33.7. The predicted octanol–water partition coefficient (Wildman–Crippen LogP) is 1.74. The topological polar surface area (TPSA) is 77.7 Å². The van der Waals surface area contributed by atoms with Crippen molar-refractivity contribution in [2.45, 2.75) is 38.0 Å². The minimum atomic E-state index is -0.474. The number of carbonyl (C=O) groups is 1. The first-order chi connectivity index (χ1) is 11.2. The van der Waals surface area contributed by atoms with Crippen LogP contribution in [0.2, 0.25) is 0 Å². The first kappa shape index (κ1) is 14.9. The number of fused-ring (bicyclic) bond motifs is 3. The first-order valence-corrected chi connectivity index (χ1v) is 8.47. The van der Waals surface area contributed by atoms with Crippen LogP contribution < -0.4 is 4.90 Å². The fourth-order valence-corrected chi connectivity index (χ4v) is 4.48. The maximum Gasteiger partial charge on any atom is 0.312 e. The summed E-state index contributed by atoms with van der Waals surface area (Å²) in [7, 11) is 1.47. The molecule has 2 heterocycles. The van der Waals surface area contributed by atoms with E-state index in [1.165, 1.54) is 7.11 Å². The van der Waals surface area contributed by atoms with Gasteiger partial charge in [0.05, 0.1) is 31.7 Å². The van der Waals surface area contributed by atoms with Gasteiger partial charge in [-0.25, -0.2) is 0 Å². The number of anilines is 1.